The molecule has 1 N–H and O–H groups in total. The molecule has 7 nitrogen and oxygen atoms in total. The van der Waals surface area contributed by atoms with Crippen LogP contribution in [0, 0.1) is 0 Å². The average Bonchev–Trinajstić information content (AvgIpc) is 3.11. The van der Waals surface area contributed by atoms with Crippen LogP contribution in [0.1, 0.15) is 17.2 Å². The van der Waals surface area contributed by atoms with Crippen molar-refractivity contribution in [1.82, 2.24) is 4.90 Å². The second-order valence-corrected chi connectivity index (χ2v) is 7.63. The van der Waals surface area contributed by atoms with Gasteiger partial charge in [-0.05, 0) is 28.5 Å². The van der Waals surface area contributed by atoms with Crippen molar-refractivity contribution in [2.45, 2.75) is 6.04 Å². The third-order valence-electron chi connectivity index (χ3n) is 5.84. The van der Waals surface area contributed by atoms with Gasteiger partial charge in [0.2, 0.25) is 0 Å². The highest BCUT2D eigenvalue weighted by atomic mass is 16.5. The van der Waals surface area contributed by atoms with E-state index in [0.29, 0.717) is 22.6 Å². The number of ketones is 1. The first-order chi connectivity index (χ1) is 16.0. The SMILES string of the molecule is COCCN1C(=O)C(=O)/C(=C(/O)c2cccc3ccccc23)C1c1ccc(OC)c(OC)c1. The predicted molar refractivity (Wildman–Crippen MR) is 124 cm³/mol. The molecule has 33 heavy (non-hydrogen) atoms. The zero-order valence-corrected chi connectivity index (χ0v) is 18.7. The Bertz CT molecular complexity index is 1240. The largest absolute Gasteiger partial charge is 0.507 e. The van der Waals surface area contributed by atoms with Crippen molar-refractivity contribution in [3.8, 4) is 11.5 Å². The number of carbonyl (C=O) groups is 2. The van der Waals surface area contributed by atoms with Crippen molar-refractivity contribution in [2.24, 2.45) is 0 Å². The number of aliphatic hydroxyl groups excluding tert-OH is 1. The highest BCUT2D eigenvalue weighted by Crippen LogP contribution is 2.42. The van der Waals surface area contributed by atoms with Crippen LogP contribution in [0.2, 0.25) is 0 Å². The molecule has 1 heterocycles. The maximum absolute atomic E-state index is 13.2. The van der Waals surface area contributed by atoms with Crippen molar-refractivity contribution < 1.29 is 28.9 Å². The number of carbonyl (C=O) groups excluding carboxylic acids is 2. The van der Waals surface area contributed by atoms with Crippen LogP contribution in [0.5, 0.6) is 11.5 Å². The summed E-state index contributed by atoms with van der Waals surface area (Å²) in [6.45, 7) is 0.428. The van der Waals surface area contributed by atoms with Gasteiger partial charge in [0.1, 0.15) is 5.76 Å². The molecule has 0 aliphatic carbocycles. The van der Waals surface area contributed by atoms with E-state index in [9.17, 15) is 14.7 Å². The molecule has 0 radical (unpaired) electrons. The standard InChI is InChI=1S/C26H25NO6/c1-31-14-13-27-23(17-11-12-20(32-2)21(15-17)33-3)22(25(29)26(27)30)24(28)19-10-6-8-16-7-4-5-9-18(16)19/h4-12,15,23,28H,13-14H2,1-3H3/b24-22+. The predicted octanol–water partition coefficient (Wildman–Crippen LogP) is 3.93. The Kier molecular flexibility index (Phi) is 6.33. The zero-order valence-electron chi connectivity index (χ0n) is 18.7. The fraction of sp³-hybridized carbons (Fsp3) is 0.231. The number of likely N-dealkylation sites (tertiary alicyclic amines) is 1. The molecule has 0 aromatic heterocycles. The minimum Gasteiger partial charge on any atom is -0.507 e. The molecule has 1 unspecified atom stereocenters. The number of amides is 1. The Morgan fingerprint density at radius 1 is 0.939 bits per heavy atom. The topological polar surface area (TPSA) is 85.3 Å². The highest BCUT2D eigenvalue weighted by molar-refractivity contribution is 6.46. The van der Waals surface area contributed by atoms with Gasteiger partial charge in [0, 0.05) is 19.2 Å². The van der Waals surface area contributed by atoms with E-state index in [-0.39, 0.29) is 24.5 Å². The quantitative estimate of drug-likeness (QED) is 0.336. The maximum Gasteiger partial charge on any atom is 0.295 e. The number of rotatable bonds is 7. The molecule has 1 atom stereocenters. The van der Waals surface area contributed by atoms with Gasteiger partial charge in [0.05, 0.1) is 32.4 Å². The number of nitrogens with zero attached hydrogens (tertiary/aromatic N) is 1. The van der Waals surface area contributed by atoms with Gasteiger partial charge < -0.3 is 24.2 Å². The molecule has 0 bridgehead atoms. The first-order valence-electron chi connectivity index (χ1n) is 10.5. The molecule has 0 spiro atoms. The monoisotopic (exact) mass is 447 g/mol. The van der Waals surface area contributed by atoms with Crippen LogP contribution in [0.15, 0.2) is 66.2 Å². The van der Waals surface area contributed by atoms with Gasteiger partial charge >= 0.3 is 0 Å². The smallest absolute Gasteiger partial charge is 0.295 e. The summed E-state index contributed by atoms with van der Waals surface area (Å²) in [6.07, 6.45) is 0. The van der Waals surface area contributed by atoms with Gasteiger partial charge in [-0.25, -0.2) is 0 Å². The second-order valence-electron chi connectivity index (χ2n) is 7.63. The first kappa shape index (κ1) is 22.4. The number of fused-ring (bicyclic) bond motifs is 1. The summed E-state index contributed by atoms with van der Waals surface area (Å²) in [5, 5.41) is 13.1. The lowest BCUT2D eigenvalue weighted by molar-refractivity contribution is -0.140. The van der Waals surface area contributed by atoms with E-state index in [2.05, 4.69) is 0 Å². The van der Waals surface area contributed by atoms with E-state index in [0.717, 1.165) is 10.8 Å². The summed E-state index contributed by atoms with van der Waals surface area (Å²) in [7, 11) is 4.57. The van der Waals surface area contributed by atoms with Gasteiger partial charge in [-0.2, -0.15) is 0 Å². The van der Waals surface area contributed by atoms with Crippen LogP contribution in [-0.4, -0.2) is 56.2 Å². The molecule has 1 amide bonds. The molecular weight excluding hydrogens is 422 g/mol. The van der Waals surface area contributed by atoms with Crippen LogP contribution in [0.25, 0.3) is 16.5 Å². The van der Waals surface area contributed by atoms with Crippen LogP contribution in [-0.2, 0) is 14.3 Å². The van der Waals surface area contributed by atoms with Crippen molar-refractivity contribution in [1.29, 1.82) is 0 Å². The van der Waals surface area contributed by atoms with Crippen LogP contribution < -0.4 is 9.47 Å². The molecule has 3 aromatic rings. The number of hydrogen-bond acceptors (Lipinski definition) is 6. The normalized spacial score (nSPS) is 17.5. The molecule has 1 fully saturated rings. The minimum absolute atomic E-state index is 0.0275. The van der Waals surface area contributed by atoms with Gasteiger partial charge in [-0.15, -0.1) is 0 Å². The molecule has 1 aliphatic rings. The number of Topliss-reactive ketones (excluding diaryl/α,β-unsaturated/α-hetero) is 1. The summed E-state index contributed by atoms with van der Waals surface area (Å²) >= 11 is 0. The van der Waals surface area contributed by atoms with Crippen LogP contribution in [0.4, 0.5) is 0 Å². The Morgan fingerprint density at radius 2 is 1.67 bits per heavy atom. The average molecular weight is 447 g/mol. The number of ether oxygens (including phenoxy) is 3. The van der Waals surface area contributed by atoms with Crippen molar-refractivity contribution >= 4 is 28.2 Å². The molecule has 1 saturated heterocycles. The fourth-order valence-corrected chi connectivity index (χ4v) is 4.25. The van der Waals surface area contributed by atoms with E-state index >= 15 is 0 Å². The summed E-state index contributed by atoms with van der Waals surface area (Å²) in [6, 6.07) is 17.4. The molecule has 170 valence electrons. The van der Waals surface area contributed by atoms with E-state index < -0.39 is 17.7 Å². The van der Waals surface area contributed by atoms with Crippen LogP contribution in [0.3, 0.4) is 0 Å². The summed E-state index contributed by atoms with van der Waals surface area (Å²) in [4.78, 5) is 27.6. The zero-order chi connectivity index (χ0) is 23.5. The lowest BCUT2D eigenvalue weighted by Gasteiger charge is -2.25. The van der Waals surface area contributed by atoms with Crippen molar-refractivity contribution in [2.75, 3.05) is 34.5 Å². The Labute approximate surface area is 191 Å². The number of hydrogen-bond donors (Lipinski definition) is 1. The number of aliphatic hydroxyl groups is 1. The van der Waals surface area contributed by atoms with E-state index in [4.69, 9.17) is 14.2 Å². The molecule has 4 rings (SSSR count). The molecule has 3 aromatic carbocycles. The number of benzene rings is 3. The van der Waals surface area contributed by atoms with E-state index in [1.54, 1.807) is 24.3 Å². The van der Waals surface area contributed by atoms with E-state index in [1.807, 2.05) is 36.4 Å². The fourth-order valence-electron chi connectivity index (χ4n) is 4.25. The lowest BCUT2D eigenvalue weighted by atomic mass is 9.93. The molecule has 7 heteroatoms. The summed E-state index contributed by atoms with van der Waals surface area (Å²) in [5.41, 5.74) is 1.13. The minimum atomic E-state index is -0.807. The highest BCUT2D eigenvalue weighted by Gasteiger charge is 2.46. The third kappa shape index (κ3) is 3.91. The third-order valence-corrected chi connectivity index (χ3v) is 5.84. The van der Waals surface area contributed by atoms with Gasteiger partial charge in [-0.3, -0.25) is 9.59 Å². The van der Waals surface area contributed by atoms with Gasteiger partial charge in [0.15, 0.2) is 11.5 Å². The van der Waals surface area contributed by atoms with Crippen LogP contribution >= 0.6 is 0 Å². The van der Waals surface area contributed by atoms with E-state index in [1.165, 1.54) is 26.2 Å². The maximum atomic E-state index is 13.2. The molecular formula is C26H25NO6. The Hall–Kier alpha value is -3.84. The van der Waals surface area contributed by atoms with Gasteiger partial charge in [0.25, 0.3) is 11.7 Å². The van der Waals surface area contributed by atoms with Crippen molar-refractivity contribution in [3.63, 3.8) is 0 Å². The molecule has 0 saturated carbocycles. The van der Waals surface area contributed by atoms with Crippen molar-refractivity contribution in [3.05, 3.63) is 77.4 Å². The lowest BCUT2D eigenvalue weighted by Crippen LogP contribution is -2.32. The number of methoxy groups -OCH3 is 3. The van der Waals surface area contributed by atoms with Gasteiger partial charge in [-0.1, -0.05) is 48.5 Å². The second kappa shape index (κ2) is 9.34. The Balaban J connectivity index is 1.94. The summed E-state index contributed by atoms with van der Waals surface area (Å²) < 4.78 is 15.9. The molecule has 1 aliphatic heterocycles. The first-order valence-corrected chi connectivity index (χ1v) is 10.5. The summed E-state index contributed by atoms with van der Waals surface area (Å²) in [5.74, 6) is -0.670. The Morgan fingerprint density at radius 3 is 2.39 bits per heavy atom.